The van der Waals surface area contributed by atoms with Crippen LogP contribution >= 0.6 is 0 Å². The van der Waals surface area contributed by atoms with E-state index in [0.29, 0.717) is 13.0 Å². The first kappa shape index (κ1) is 9.80. The lowest BCUT2D eigenvalue weighted by molar-refractivity contribution is -0.161. The lowest BCUT2D eigenvalue weighted by Crippen LogP contribution is -2.33. The smallest absolute Gasteiger partial charge is 0.389 e. The van der Waals surface area contributed by atoms with E-state index in [1.54, 1.807) is 0 Å². The molecule has 2 nitrogen and oxygen atoms in total. The van der Waals surface area contributed by atoms with Crippen LogP contribution in [0.15, 0.2) is 0 Å². The Kier molecular flexibility index (Phi) is 2.63. The van der Waals surface area contributed by atoms with E-state index in [9.17, 15) is 13.2 Å². The molecule has 0 aliphatic carbocycles. The Morgan fingerprint density at radius 2 is 2.08 bits per heavy atom. The van der Waals surface area contributed by atoms with Gasteiger partial charge < -0.3 is 10.4 Å². The van der Waals surface area contributed by atoms with Crippen LogP contribution in [0.1, 0.15) is 12.8 Å². The molecule has 1 rings (SSSR count). The molecule has 0 radical (unpaired) electrons. The topological polar surface area (TPSA) is 32.3 Å². The van der Waals surface area contributed by atoms with Crippen LogP contribution in [-0.4, -0.2) is 31.0 Å². The normalized spacial score (nSPS) is 31.0. The molecule has 0 amide bonds. The largest absolute Gasteiger partial charge is 0.396 e. The molecule has 1 atom stereocenters. The van der Waals surface area contributed by atoms with Crippen molar-refractivity contribution in [3.05, 3.63) is 0 Å². The van der Waals surface area contributed by atoms with Crippen molar-refractivity contribution in [2.45, 2.75) is 19.0 Å². The van der Waals surface area contributed by atoms with Gasteiger partial charge in [0.05, 0.1) is 13.0 Å². The van der Waals surface area contributed by atoms with E-state index in [1.807, 2.05) is 0 Å². The molecule has 0 aromatic carbocycles. The molecule has 0 spiro atoms. The summed E-state index contributed by atoms with van der Waals surface area (Å²) in [6.45, 7) is 0.444. The summed E-state index contributed by atoms with van der Waals surface area (Å²) in [7, 11) is 0. The fourth-order valence-corrected chi connectivity index (χ4v) is 1.56. The summed E-state index contributed by atoms with van der Waals surface area (Å²) in [5, 5.41) is 11.7. The van der Waals surface area contributed by atoms with Gasteiger partial charge in [-0.25, -0.2) is 0 Å². The molecule has 1 unspecified atom stereocenters. The van der Waals surface area contributed by atoms with Gasteiger partial charge in [-0.1, -0.05) is 0 Å². The van der Waals surface area contributed by atoms with Gasteiger partial charge in [-0.15, -0.1) is 0 Å². The molecule has 1 aliphatic rings. The van der Waals surface area contributed by atoms with Crippen LogP contribution in [0.4, 0.5) is 13.2 Å². The maximum Gasteiger partial charge on any atom is 0.389 e. The van der Waals surface area contributed by atoms with Gasteiger partial charge in [0.15, 0.2) is 0 Å². The highest BCUT2D eigenvalue weighted by molar-refractivity contribution is 4.89. The third kappa shape index (κ3) is 2.35. The minimum Gasteiger partial charge on any atom is -0.396 e. The van der Waals surface area contributed by atoms with Crippen LogP contribution in [-0.2, 0) is 0 Å². The van der Waals surface area contributed by atoms with Crippen molar-refractivity contribution in [3.63, 3.8) is 0 Å². The van der Waals surface area contributed by atoms with Gasteiger partial charge in [-0.2, -0.15) is 13.2 Å². The molecule has 1 heterocycles. The molecule has 0 saturated carbocycles. The Balaban J connectivity index is 2.55. The van der Waals surface area contributed by atoms with E-state index in [4.69, 9.17) is 5.11 Å². The molecule has 0 bridgehead atoms. The standard InChI is InChI=1S/C7H12F3NO/c8-7(9,10)3-6(5-12)1-2-11-4-6/h11-12H,1-5H2. The molecular formula is C7H12F3NO. The minimum atomic E-state index is -4.17. The second-order valence-corrected chi connectivity index (χ2v) is 3.38. The van der Waals surface area contributed by atoms with E-state index in [-0.39, 0.29) is 13.2 Å². The van der Waals surface area contributed by atoms with Crippen molar-refractivity contribution in [3.8, 4) is 0 Å². The number of halogens is 3. The zero-order valence-electron chi connectivity index (χ0n) is 6.62. The first-order valence-corrected chi connectivity index (χ1v) is 3.86. The third-order valence-corrected chi connectivity index (χ3v) is 2.24. The van der Waals surface area contributed by atoms with Gasteiger partial charge >= 0.3 is 6.18 Å². The number of hydrogen-bond donors (Lipinski definition) is 2. The maximum absolute atomic E-state index is 12.0. The first-order valence-electron chi connectivity index (χ1n) is 3.86. The summed E-state index contributed by atoms with van der Waals surface area (Å²) >= 11 is 0. The van der Waals surface area contributed by atoms with Crippen molar-refractivity contribution in [1.82, 2.24) is 5.32 Å². The highest BCUT2D eigenvalue weighted by Gasteiger charge is 2.43. The van der Waals surface area contributed by atoms with E-state index in [1.165, 1.54) is 0 Å². The quantitative estimate of drug-likeness (QED) is 0.667. The second-order valence-electron chi connectivity index (χ2n) is 3.38. The van der Waals surface area contributed by atoms with Crippen LogP contribution in [0.25, 0.3) is 0 Å². The SMILES string of the molecule is OCC1(CC(F)(F)F)CCNC1. The van der Waals surface area contributed by atoms with E-state index in [0.717, 1.165) is 0 Å². The van der Waals surface area contributed by atoms with E-state index >= 15 is 0 Å². The van der Waals surface area contributed by atoms with Crippen molar-refractivity contribution in [2.24, 2.45) is 5.41 Å². The van der Waals surface area contributed by atoms with Gasteiger partial charge in [0.1, 0.15) is 0 Å². The molecular weight excluding hydrogens is 171 g/mol. The van der Waals surface area contributed by atoms with Gasteiger partial charge in [0.25, 0.3) is 0 Å². The van der Waals surface area contributed by atoms with Gasteiger partial charge in [0.2, 0.25) is 0 Å². The zero-order valence-corrected chi connectivity index (χ0v) is 6.62. The fourth-order valence-electron chi connectivity index (χ4n) is 1.56. The minimum absolute atomic E-state index is 0.267. The highest BCUT2D eigenvalue weighted by atomic mass is 19.4. The molecule has 0 aromatic rings. The van der Waals surface area contributed by atoms with Crippen LogP contribution in [0.5, 0.6) is 0 Å². The maximum atomic E-state index is 12.0. The van der Waals surface area contributed by atoms with Gasteiger partial charge in [-0.3, -0.25) is 0 Å². The Labute approximate surface area is 68.8 Å². The Morgan fingerprint density at radius 1 is 1.42 bits per heavy atom. The van der Waals surface area contributed by atoms with E-state index in [2.05, 4.69) is 5.32 Å². The summed E-state index contributed by atoms with van der Waals surface area (Å²) in [5.74, 6) is 0. The number of rotatable bonds is 2. The summed E-state index contributed by atoms with van der Waals surface area (Å²) < 4.78 is 36.0. The molecule has 0 aromatic heterocycles. The monoisotopic (exact) mass is 183 g/mol. The first-order chi connectivity index (χ1) is 5.47. The molecule has 2 N–H and O–H groups in total. The summed E-state index contributed by atoms with van der Waals surface area (Å²) in [4.78, 5) is 0. The van der Waals surface area contributed by atoms with Crippen molar-refractivity contribution >= 4 is 0 Å². The van der Waals surface area contributed by atoms with E-state index < -0.39 is 18.0 Å². The Hall–Kier alpha value is -0.290. The van der Waals surface area contributed by atoms with Gasteiger partial charge in [-0.05, 0) is 13.0 Å². The van der Waals surface area contributed by atoms with Crippen molar-refractivity contribution in [1.29, 1.82) is 0 Å². The zero-order chi connectivity index (χ0) is 9.24. The lowest BCUT2D eigenvalue weighted by Gasteiger charge is -2.26. The molecule has 1 aliphatic heterocycles. The Morgan fingerprint density at radius 3 is 2.42 bits per heavy atom. The molecule has 1 fully saturated rings. The van der Waals surface area contributed by atoms with Crippen molar-refractivity contribution < 1.29 is 18.3 Å². The van der Waals surface area contributed by atoms with Gasteiger partial charge in [0, 0.05) is 12.0 Å². The average molecular weight is 183 g/mol. The number of aliphatic hydroxyl groups excluding tert-OH is 1. The predicted octanol–water partition coefficient (Wildman–Crippen LogP) is 0.911. The van der Waals surface area contributed by atoms with Crippen LogP contribution in [0.3, 0.4) is 0 Å². The number of aliphatic hydroxyl groups is 1. The Bertz CT molecular complexity index is 151. The lowest BCUT2D eigenvalue weighted by atomic mass is 9.84. The van der Waals surface area contributed by atoms with Crippen LogP contribution < -0.4 is 5.32 Å². The number of nitrogens with one attached hydrogen (secondary N) is 1. The molecule has 12 heavy (non-hydrogen) atoms. The highest BCUT2D eigenvalue weighted by Crippen LogP contribution is 2.37. The molecule has 1 saturated heterocycles. The second kappa shape index (κ2) is 3.22. The van der Waals surface area contributed by atoms with Crippen LogP contribution in [0, 0.1) is 5.41 Å². The average Bonchev–Trinajstić information content (AvgIpc) is 2.34. The number of alkyl halides is 3. The summed E-state index contributed by atoms with van der Waals surface area (Å²) in [5.41, 5.74) is -0.960. The molecule has 72 valence electrons. The molecule has 5 heteroatoms. The fraction of sp³-hybridized carbons (Fsp3) is 1.00. The number of hydrogen-bond acceptors (Lipinski definition) is 2. The summed E-state index contributed by atoms with van der Waals surface area (Å²) in [6.07, 6.45) is -4.65. The van der Waals surface area contributed by atoms with Crippen molar-refractivity contribution in [2.75, 3.05) is 19.7 Å². The third-order valence-electron chi connectivity index (χ3n) is 2.24. The summed E-state index contributed by atoms with van der Waals surface area (Å²) in [6, 6.07) is 0. The predicted molar refractivity (Wildman–Crippen MR) is 37.7 cm³/mol. The van der Waals surface area contributed by atoms with Crippen LogP contribution in [0.2, 0.25) is 0 Å².